The Hall–Kier alpha value is -5.54. The fourth-order valence-corrected chi connectivity index (χ4v) is 10.3. The lowest BCUT2D eigenvalue weighted by Gasteiger charge is -2.12. The second-order valence-corrected chi connectivity index (χ2v) is 16.1. The average molecular weight is 671 g/mol. The molecule has 11 rings (SSSR count). The molecule has 0 bridgehead atoms. The van der Waals surface area contributed by atoms with Crippen LogP contribution in [0.25, 0.3) is 106 Å². The molecule has 0 N–H and O–H groups in total. The lowest BCUT2D eigenvalue weighted by atomic mass is 9.92. The Kier molecular flexibility index (Phi) is 5.94. The summed E-state index contributed by atoms with van der Waals surface area (Å²) in [6, 6.07) is 55.5. The first kappa shape index (κ1) is 28.3. The largest absolute Gasteiger partial charge is 0.135 e. The van der Waals surface area contributed by atoms with Gasteiger partial charge >= 0.3 is 0 Å². The smallest absolute Gasteiger partial charge is 0.0355 e. The van der Waals surface area contributed by atoms with Crippen LogP contribution in [0.1, 0.15) is 11.1 Å². The Balaban J connectivity index is 1.02. The van der Waals surface area contributed by atoms with Crippen LogP contribution in [0.3, 0.4) is 0 Å². The highest BCUT2D eigenvalue weighted by Gasteiger charge is 2.13. The SMILES string of the molecule is Cc1ccc2sc(-c3ccc4c(ccc5c6cc7ccc8c9ccc(-c%10cc%11cc(C)ccc%11s%10)cc9ccc8c7cc6ccc45)c3)cc2c1. The van der Waals surface area contributed by atoms with Gasteiger partial charge in [0.2, 0.25) is 0 Å². The summed E-state index contributed by atoms with van der Waals surface area (Å²) in [5.74, 6) is 0. The zero-order valence-electron chi connectivity index (χ0n) is 27.7. The third-order valence-corrected chi connectivity index (χ3v) is 13.0. The van der Waals surface area contributed by atoms with Crippen molar-refractivity contribution in [3.63, 3.8) is 0 Å². The molecule has 0 aliphatic rings. The van der Waals surface area contributed by atoms with E-state index in [0.717, 1.165) is 0 Å². The van der Waals surface area contributed by atoms with Crippen molar-refractivity contribution in [3.8, 4) is 20.9 Å². The van der Waals surface area contributed by atoms with Gasteiger partial charge in [-0.15, -0.1) is 22.7 Å². The number of hydrogen-bond acceptors (Lipinski definition) is 2. The van der Waals surface area contributed by atoms with Crippen molar-refractivity contribution in [2.45, 2.75) is 13.8 Å². The van der Waals surface area contributed by atoms with Gasteiger partial charge in [-0.2, -0.15) is 0 Å². The highest BCUT2D eigenvalue weighted by atomic mass is 32.1. The lowest BCUT2D eigenvalue weighted by molar-refractivity contribution is 1.51. The number of rotatable bonds is 2. The van der Waals surface area contributed by atoms with Gasteiger partial charge in [0, 0.05) is 19.2 Å². The number of hydrogen-bond donors (Lipinski definition) is 0. The van der Waals surface area contributed by atoms with Gasteiger partial charge < -0.3 is 0 Å². The molecule has 2 aromatic heterocycles. The molecule has 0 nitrogen and oxygen atoms in total. The average Bonchev–Trinajstić information content (AvgIpc) is 3.77. The molecule has 0 amide bonds. The Morgan fingerprint density at radius 3 is 1.10 bits per heavy atom. The van der Waals surface area contributed by atoms with Crippen LogP contribution in [0, 0.1) is 13.8 Å². The fraction of sp³-hybridized carbons (Fsp3) is 0.0417. The normalized spacial score (nSPS) is 12.2. The van der Waals surface area contributed by atoms with Crippen molar-refractivity contribution in [1.29, 1.82) is 0 Å². The molecule has 0 aliphatic heterocycles. The molecule has 234 valence electrons. The Labute approximate surface area is 297 Å². The summed E-state index contributed by atoms with van der Waals surface area (Å²) >= 11 is 3.75. The van der Waals surface area contributed by atoms with Crippen molar-refractivity contribution in [3.05, 3.63) is 157 Å². The number of thiophene rings is 2. The monoisotopic (exact) mass is 670 g/mol. The highest BCUT2D eigenvalue weighted by molar-refractivity contribution is 7.22. The Morgan fingerprint density at radius 2 is 0.660 bits per heavy atom. The van der Waals surface area contributed by atoms with E-state index in [1.165, 1.54) is 117 Å². The molecule has 0 fully saturated rings. The molecule has 0 saturated heterocycles. The highest BCUT2D eigenvalue weighted by Crippen LogP contribution is 2.41. The van der Waals surface area contributed by atoms with Gasteiger partial charge in [-0.05, 0) is 149 Å². The molecule has 2 heteroatoms. The predicted octanol–water partition coefficient (Wildman–Crippen LogP) is 15.0. The number of fused-ring (bicyclic) bond motifs is 12. The number of benzene rings is 9. The van der Waals surface area contributed by atoms with Gasteiger partial charge in [0.1, 0.15) is 0 Å². The van der Waals surface area contributed by atoms with E-state index in [9.17, 15) is 0 Å². The van der Waals surface area contributed by atoms with Gasteiger partial charge in [0.25, 0.3) is 0 Å². The van der Waals surface area contributed by atoms with Crippen molar-refractivity contribution in [2.75, 3.05) is 0 Å². The molecule has 0 atom stereocenters. The second kappa shape index (κ2) is 10.5. The van der Waals surface area contributed by atoms with E-state index in [-0.39, 0.29) is 0 Å². The summed E-state index contributed by atoms with van der Waals surface area (Å²) < 4.78 is 2.69. The van der Waals surface area contributed by atoms with Crippen LogP contribution in [-0.2, 0) is 0 Å². The van der Waals surface area contributed by atoms with E-state index in [1.54, 1.807) is 0 Å². The van der Waals surface area contributed by atoms with Crippen LogP contribution < -0.4 is 0 Å². The van der Waals surface area contributed by atoms with Gasteiger partial charge in [-0.25, -0.2) is 0 Å². The zero-order valence-corrected chi connectivity index (χ0v) is 29.3. The van der Waals surface area contributed by atoms with E-state index in [0.29, 0.717) is 0 Å². The summed E-state index contributed by atoms with van der Waals surface area (Å²) in [7, 11) is 0. The van der Waals surface area contributed by atoms with Crippen molar-refractivity contribution >= 4 is 107 Å². The quantitative estimate of drug-likeness (QED) is 0.127. The van der Waals surface area contributed by atoms with Crippen LogP contribution in [0.5, 0.6) is 0 Å². The fourth-order valence-electron chi connectivity index (χ4n) is 8.17. The first-order chi connectivity index (χ1) is 24.5. The maximum absolute atomic E-state index is 2.41. The van der Waals surface area contributed by atoms with Crippen LogP contribution in [0.15, 0.2) is 146 Å². The van der Waals surface area contributed by atoms with Gasteiger partial charge in [0.05, 0.1) is 0 Å². The van der Waals surface area contributed by atoms with Crippen LogP contribution in [0.4, 0.5) is 0 Å². The minimum Gasteiger partial charge on any atom is -0.135 e. The summed E-state index contributed by atoms with van der Waals surface area (Å²) in [6.45, 7) is 4.33. The van der Waals surface area contributed by atoms with Crippen LogP contribution in [0.2, 0.25) is 0 Å². The molecule has 9 aromatic carbocycles. The first-order valence-corrected chi connectivity index (χ1v) is 18.9. The molecular weight excluding hydrogens is 641 g/mol. The minimum atomic E-state index is 1.28. The Morgan fingerprint density at radius 1 is 0.280 bits per heavy atom. The van der Waals surface area contributed by atoms with Crippen molar-refractivity contribution < 1.29 is 0 Å². The second-order valence-electron chi connectivity index (χ2n) is 13.9. The first-order valence-electron chi connectivity index (χ1n) is 17.2. The minimum absolute atomic E-state index is 1.28. The molecule has 2 heterocycles. The standard InChI is InChI=1S/C48H30S2/c1-27-3-17-45-35(19-27)25-47(49-45)33-9-11-37-29(21-33)5-15-41-39(37)13-7-31-24-44-32(23-43(31)41)8-14-40-38-12-10-34(22-30(38)6-16-42(40)44)48-26-36-20-28(2)4-18-46(36)50-48/h3-26H,1-2H3. The molecule has 0 radical (unpaired) electrons. The predicted molar refractivity (Wildman–Crippen MR) is 223 cm³/mol. The van der Waals surface area contributed by atoms with Crippen molar-refractivity contribution in [2.24, 2.45) is 0 Å². The van der Waals surface area contributed by atoms with Crippen LogP contribution in [-0.4, -0.2) is 0 Å². The van der Waals surface area contributed by atoms with E-state index >= 15 is 0 Å². The maximum Gasteiger partial charge on any atom is 0.0355 e. The van der Waals surface area contributed by atoms with Gasteiger partial charge in [-0.1, -0.05) is 108 Å². The lowest BCUT2D eigenvalue weighted by Crippen LogP contribution is -1.85. The number of aryl methyl sites for hydroxylation is 2. The third kappa shape index (κ3) is 4.29. The van der Waals surface area contributed by atoms with Gasteiger partial charge in [-0.3, -0.25) is 0 Å². The molecule has 0 spiro atoms. The molecule has 0 aliphatic carbocycles. The summed E-state index contributed by atoms with van der Waals surface area (Å²) in [6.07, 6.45) is 0. The maximum atomic E-state index is 2.41. The molecule has 50 heavy (non-hydrogen) atoms. The molecular formula is C48H30S2. The van der Waals surface area contributed by atoms with Crippen molar-refractivity contribution in [1.82, 2.24) is 0 Å². The Bertz CT molecular complexity index is 3010. The summed E-state index contributed by atoms with van der Waals surface area (Å²) in [4.78, 5) is 2.65. The molecule has 0 saturated carbocycles. The van der Waals surface area contributed by atoms with E-state index in [1.807, 2.05) is 22.7 Å². The van der Waals surface area contributed by atoms with E-state index in [4.69, 9.17) is 0 Å². The third-order valence-electron chi connectivity index (χ3n) is 10.7. The summed E-state index contributed by atoms with van der Waals surface area (Å²) in [5.41, 5.74) is 5.18. The topological polar surface area (TPSA) is 0 Å². The summed E-state index contributed by atoms with van der Waals surface area (Å²) in [5, 5.41) is 18.3. The van der Waals surface area contributed by atoms with E-state index < -0.39 is 0 Å². The molecule has 0 unspecified atom stereocenters. The van der Waals surface area contributed by atoms with E-state index in [2.05, 4.69) is 159 Å². The zero-order chi connectivity index (χ0) is 33.1. The molecule has 11 aromatic rings. The van der Waals surface area contributed by atoms with Crippen LogP contribution >= 0.6 is 22.7 Å². The van der Waals surface area contributed by atoms with Gasteiger partial charge in [0.15, 0.2) is 0 Å².